The molecule has 6 heteroatoms. The Morgan fingerprint density at radius 1 is 1.17 bits per heavy atom. The summed E-state index contributed by atoms with van der Waals surface area (Å²) in [5.74, 6) is 1.94. The number of ketones is 1. The number of hydrogen-bond donors (Lipinski definition) is 0. The van der Waals surface area contributed by atoms with Gasteiger partial charge in [0.25, 0.3) is 0 Å². The maximum Gasteiger partial charge on any atom is 0.195 e. The molecule has 0 fully saturated rings. The molecule has 122 valence electrons. The average molecular weight is 424 g/mol. The zero-order chi connectivity index (χ0) is 16.9. The van der Waals surface area contributed by atoms with Crippen LogP contribution < -0.4 is 4.74 Å². The van der Waals surface area contributed by atoms with Crippen LogP contribution in [-0.4, -0.2) is 5.78 Å². The number of halogens is 2. The standard InChI is InChI=1S/C18H12BrClO3S/c19-12-1-3-13(4-2-12)22-11-15-6-5-14(23-15)7-8-16(21)17-9-10-18(20)24-17/h1-10H,11H2/b8-7+. The summed E-state index contributed by atoms with van der Waals surface area (Å²) >= 11 is 10.5. The zero-order valence-corrected chi connectivity index (χ0v) is 15.5. The molecular formula is C18H12BrClO3S. The highest BCUT2D eigenvalue weighted by molar-refractivity contribution is 9.10. The lowest BCUT2D eigenvalue weighted by Crippen LogP contribution is -1.93. The lowest BCUT2D eigenvalue weighted by molar-refractivity contribution is 0.105. The number of thiophene rings is 1. The number of hydrogen-bond acceptors (Lipinski definition) is 4. The van der Waals surface area contributed by atoms with E-state index < -0.39 is 0 Å². The smallest absolute Gasteiger partial charge is 0.195 e. The van der Waals surface area contributed by atoms with E-state index in [0.717, 1.165) is 10.2 Å². The van der Waals surface area contributed by atoms with E-state index in [1.807, 2.05) is 30.3 Å². The van der Waals surface area contributed by atoms with E-state index in [0.29, 0.717) is 27.3 Å². The van der Waals surface area contributed by atoms with E-state index in [2.05, 4.69) is 15.9 Å². The first-order chi connectivity index (χ1) is 11.6. The molecule has 0 radical (unpaired) electrons. The normalized spacial score (nSPS) is 11.1. The van der Waals surface area contributed by atoms with E-state index in [1.54, 1.807) is 24.3 Å². The minimum atomic E-state index is -0.101. The number of allylic oxidation sites excluding steroid dienone is 1. The Bertz CT molecular complexity index is 865. The van der Waals surface area contributed by atoms with Crippen molar-refractivity contribution in [1.82, 2.24) is 0 Å². The fourth-order valence-corrected chi connectivity index (χ4v) is 3.16. The fraction of sp³-hybridized carbons (Fsp3) is 0.0556. The highest BCUT2D eigenvalue weighted by atomic mass is 79.9. The van der Waals surface area contributed by atoms with Crippen molar-refractivity contribution in [3.63, 3.8) is 0 Å². The molecule has 0 aliphatic carbocycles. The summed E-state index contributed by atoms with van der Waals surface area (Å²) in [6.07, 6.45) is 3.11. The number of ether oxygens (including phenoxy) is 1. The van der Waals surface area contributed by atoms with Gasteiger partial charge >= 0.3 is 0 Å². The third-order valence-electron chi connectivity index (χ3n) is 3.09. The van der Waals surface area contributed by atoms with Gasteiger partial charge in [-0.3, -0.25) is 4.79 Å². The summed E-state index contributed by atoms with van der Waals surface area (Å²) < 4.78 is 12.9. The molecule has 0 amide bonds. The van der Waals surface area contributed by atoms with Crippen LogP contribution in [-0.2, 0) is 6.61 Å². The molecule has 2 heterocycles. The second-order valence-corrected chi connectivity index (χ2v) is 7.48. The van der Waals surface area contributed by atoms with Gasteiger partial charge in [0.15, 0.2) is 5.78 Å². The van der Waals surface area contributed by atoms with Crippen molar-refractivity contribution in [1.29, 1.82) is 0 Å². The zero-order valence-electron chi connectivity index (χ0n) is 12.4. The highest BCUT2D eigenvalue weighted by Gasteiger charge is 2.06. The van der Waals surface area contributed by atoms with Gasteiger partial charge in [0.2, 0.25) is 0 Å². The van der Waals surface area contributed by atoms with Crippen LogP contribution in [0.15, 0.2) is 63.5 Å². The van der Waals surface area contributed by atoms with Crippen molar-refractivity contribution in [2.75, 3.05) is 0 Å². The van der Waals surface area contributed by atoms with Crippen molar-refractivity contribution in [2.45, 2.75) is 6.61 Å². The Morgan fingerprint density at radius 3 is 2.67 bits per heavy atom. The van der Waals surface area contributed by atoms with Gasteiger partial charge in [0.1, 0.15) is 23.9 Å². The van der Waals surface area contributed by atoms with Gasteiger partial charge in [-0.15, -0.1) is 11.3 Å². The third kappa shape index (κ3) is 4.60. The number of furan rings is 1. The lowest BCUT2D eigenvalue weighted by atomic mass is 10.3. The third-order valence-corrected chi connectivity index (χ3v) is 4.87. The van der Waals surface area contributed by atoms with E-state index in [-0.39, 0.29) is 5.78 Å². The molecule has 0 unspecified atom stereocenters. The SMILES string of the molecule is O=C(/C=C/c1ccc(COc2ccc(Br)cc2)o1)c1ccc(Cl)s1. The first-order valence-corrected chi connectivity index (χ1v) is 9.04. The molecule has 0 aliphatic heterocycles. The molecule has 0 spiro atoms. The molecular weight excluding hydrogens is 412 g/mol. The molecule has 0 atom stereocenters. The van der Waals surface area contributed by atoms with Crippen LogP contribution in [0.1, 0.15) is 21.2 Å². The van der Waals surface area contributed by atoms with Gasteiger partial charge in [0.05, 0.1) is 9.21 Å². The summed E-state index contributed by atoms with van der Waals surface area (Å²) in [5, 5.41) is 0. The van der Waals surface area contributed by atoms with Crippen LogP contribution >= 0.6 is 38.9 Å². The van der Waals surface area contributed by atoms with Gasteiger partial charge in [-0.1, -0.05) is 27.5 Å². The Kier molecular flexibility index (Phi) is 5.56. The first kappa shape index (κ1) is 17.0. The van der Waals surface area contributed by atoms with Crippen LogP contribution in [0, 0.1) is 0 Å². The fourth-order valence-electron chi connectivity index (χ4n) is 1.93. The summed E-state index contributed by atoms with van der Waals surface area (Å²) in [6.45, 7) is 0.323. The summed E-state index contributed by atoms with van der Waals surface area (Å²) in [7, 11) is 0. The Morgan fingerprint density at radius 2 is 1.96 bits per heavy atom. The van der Waals surface area contributed by atoms with E-state index in [1.165, 1.54) is 17.4 Å². The van der Waals surface area contributed by atoms with Crippen molar-refractivity contribution in [3.05, 3.63) is 79.8 Å². The van der Waals surface area contributed by atoms with Gasteiger partial charge in [0, 0.05) is 4.47 Å². The largest absolute Gasteiger partial charge is 0.486 e. The average Bonchev–Trinajstić information content (AvgIpc) is 3.21. The Balaban J connectivity index is 1.58. The van der Waals surface area contributed by atoms with Crippen LogP contribution in [0.25, 0.3) is 6.08 Å². The van der Waals surface area contributed by atoms with Crippen molar-refractivity contribution in [2.24, 2.45) is 0 Å². The molecule has 3 nitrogen and oxygen atoms in total. The van der Waals surface area contributed by atoms with Crippen molar-refractivity contribution >= 4 is 50.7 Å². The summed E-state index contributed by atoms with van der Waals surface area (Å²) in [4.78, 5) is 12.6. The van der Waals surface area contributed by atoms with Gasteiger partial charge in [-0.05, 0) is 60.7 Å². The monoisotopic (exact) mass is 422 g/mol. The Hall–Kier alpha value is -1.82. The minimum Gasteiger partial charge on any atom is -0.486 e. The second kappa shape index (κ2) is 7.83. The maximum absolute atomic E-state index is 12.0. The number of carbonyl (C=O) groups is 1. The number of carbonyl (C=O) groups excluding carboxylic acids is 1. The first-order valence-electron chi connectivity index (χ1n) is 7.05. The molecule has 24 heavy (non-hydrogen) atoms. The highest BCUT2D eigenvalue weighted by Crippen LogP contribution is 2.22. The van der Waals surface area contributed by atoms with Crippen LogP contribution in [0.5, 0.6) is 5.75 Å². The van der Waals surface area contributed by atoms with E-state index in [9.17, 15) is 4.79 Å². The van der Waals surface area contributed by atoms with E-state index in [4.69, 9.17) is 20.8 Å². The molecule has 3 aromatic rings. The molecule has 2 aromatic heterocycles. The molecule has 0 bridgehead atoms. The summed E-state index contributed by atoms with van der Waals surface area (Å²) in [6, 6.07) is 14.6. The second-order valence-electron chi connectivity index (χ2n) is 4.85. The number of rotatable bonds is 6. The maximum atomic E-state index is 12.0. The number of benzene rings is 1. The van der Waals surface area contributed by atoms with E-state index >= 15 is 0 Å². The molecule has 0 saturated heterocycles. The molecule has 0 N–H and O–H groups in total. The van der Waals surface area contributed by atoms with Crippen molar-refractivity contribution < 1.29 is 13.9 Å². The topological polar surface area (TPSA) is 39.4 Å². The lowest BCUT2D eigenvalue weighted by Gasteiger charge is -2.03. The molecule has 3 rings (SSSR count). The van der Waals surface area contributed by atoms with Crippen LogP contribution in [0.2, 0.25) is 4.34 Å². The predicted molar refractivity (Wildman–Crippen MR) is 99.9 cm³/mol. The molecule has 1 aromatic carbocycles. The van der Waals surface area contributed by atoms with Gasteiger partial charge < -0.3 is 9.15 Å². The molecule has 0 aliphatic rings. The van der Waals surface area contributed by atoms with Gasteiger partial charge in [-0.2, -0.15) is 0 Å². The predicted octanol–water partition coefficient (Wildman–Crippen LogP) is 6.23. The van der Waals surface area contributed by atoms with Crippen molar-refractivity contribution in [3.8, 4) is 5.75 Å². The van der Waals surface area contributed by atoms with Crippen LogP contribution in [0.4, 0.5) is 0 Å². The summed E-state index contributed by atoms with van der Waals surface area (Å²) in [5.41, 5.74) is 0. The van der Waals surface area contributed by atoms with Gasteiger partial charge in [-0.25, -0.2) is 0 Å². The quantitative estimate of drug-likeness (QED) is 0.348. The Labute approximate surface area is 156 Å². The van der Waals surface area contributed by atoms with Crippen LogP contribution in [0.3, 0.4) is 0 Å². The minimum absolute atomic E-state index is 0.101. The molecule has 0 saturated carbocycles.